The van der Waals surface area contributed by atoms with Crippen LogP contribution in [0.1, 0.15) is 12.8 Å². The lowest BCUT2D eigenvalue weighted by atomic mass is 9.90. The normalized spacial score (nSPS) is 19.6. The quantitative estimate of drug-likeness (QED) is 0.534. The molecule has 2 N–H and O–H groups in total. The third-order valence-electron chi connectivity index (χ3n) is 5.28. The van der Waals surface area contributed by atoms with Crippen LogP contribution in [0.3, 0.4) is 0 Å². The smallest absolute Gasteiger partial charge is 0.475 e. The van der Waals surface area contributed by atoms with Gasteiger partial charge in [-0.25, -0.2) is 23.9 Å². The van der Waals surface area contributed by atoms with Crippen molar-refractivity contribution in [1.29, 1.82) is 0 Å². The highest BCUT2D eigenvalue weighted by molar-refractivity contribution is 5.73. The van der Waals surface area contributed by atoms with E-state index in [0.717, 1.165) is 50.7 Å². The van der Waals surface area contributed by atoms with Crippen molar-refractivity contribution in [3.63, 3.8) is 0 Å². The summed E-state index contributed by atoms with van der Waals surface area (Å²) in [7, 11) is 0. The Bertz CT molecular complexity index is 1040. The summed E-state index contributed by atoms with van der Waals surface area (Å²) in [4.78, 5) is 30.9. The average Bonchev–Trinajstić information content (AvgIpc) is 2.84. The summed E-state index contributed by atoms with van der Waals surface area (Å²) < 4.78 is 83.2. The van der Waals surface area contributed by atoms with Crippen LogP contribution in [0.2, 0.25) is 0 Å². The standard InChI is InChI=1S/C18H21FN4O.2C2HF3O2/c19-15-4-1-5-16(12-15)22-9-2-6-18(13-22)14-23(10-11-24-18)17-20-7-3-8-21-17;2*3-2(4,5)1(6)7/h1,3-5,7-8,12H,2,6,9-11,13-14H2;2*(H,6,7). The van der Waals surface area contributed by atoms with Crippen molar-refractivity contribution in [3.05, 3.63) is 48.5 Å². The van der Waals surface area contributed by atoms with Crippen LogP contribution in [0.25, 0.3) is 0 Å². The van der Waals surface area contributed by atoms with E-state index in [-0.39, 0.29) is 11.4 Å². The summed E-state index contributed by atoms with van der Waals surface area (Å²) in [5, 5.41) is 14.2. The van der Waals surface area contributed by atoms with E-state index in [2.05, 4.69) is 19.8 Å². The molecular weight excluding hydrogens is 533 g/mol. The maximum atomic E-state index is 13.6. The van der Waals surface area contributed by atoms with Crippen molar-refractivity contribution in [2.24, 2.45) is 0 Å². The average molecular weight is 556 g/mol. The van der Waals surface area contributed by atoms with Gasteiger partial charge in [-0.1, -0.05) is 6.07 Å². The molecule has 0 aliphatic carbocycles. The molecule has 2 aliphatic rings. The number of aromatic nitrogens is 2. The number of ether oxygens (including phenoxy) is 1. The maximum absolute atomic E-state index is 13.6. The molecule has 1 atom stereocenters. The van der Waals surface area contributed by atoms with Crippen LogP contribution in [0.5, 0.6) is 0 Å². The zero-order valence-electron chi connectivity index (χ0n) is 19.5. The first-order valence-electron chi connectivity index (χ1n) is 10.9. The zero-order chi connectivity index (χ0) is 28.6. The fraction of sp³-hybridized carbons (Fsp3) is 0.455. The number of carboxylic acid groups (broad SMARTS) is 2. The number of rotatable bonds is 2. The second-order valence-corrected chi connectivity index (χ2v) is 8.11. The van der Waals surface area contributed by atoms with Crippen LogP contribution >= 0.6 is 0 Å². The molecule has 2 fully saturated rings. The molecule has 0 amide bonds. The lowest BCUT2D eigenvalue weighted by Crippen LogP contribution is -2.60. The Hall–Kier alpha value is -3.69. The van der Waals surface area contributed by atoms with E-state index in [0.29, 0.717) is 6.61 Å². The molecule has 1 spiro atoms. The van der Waals surface area contributed by atoms with Gasteiger partial charge in [0.2, 0.25) is 5.95 Å². The van der Waals surface area contributed by atoms with Crippen LogP contribution in [0.15, 0.2) is 42.7 Å². The van der Waals surface area contributed by atoms with E-state index in [9.17, 15) is 30.7 Å². The highest BCUT2D eigenvalue weighted by atomic mass is 19.4. The molecule has 1 aromatic heterocycles. The number of nitrogens with zero attached hydrogens (tertiary/aromatic N) is 4. The SMILES string of the molecule is Fc1cccc(N2CCCC3(C2)CN(c2ncccn2)CCO3)c1.O=C(O)C(F)(F)F.O=C(O)C(F)(F)F. The summed E-state index contributed by atoms with van der Waals surface area (Å²) >= 11 is 0. The van der Waals surface area contributed by atoms with Crippen LogP contribution in [0.4, 0.5) is 42.4 Å². The summed E-state index contributed by atoms with van der Waals surface area (Å²) in [5.74, 6) is -4.96. The van der Waals surface area contributed by atoms with E-state index < -0.39 is 24.3 Å². The number of piperidine rings is 1. The molecule has 2 aromatic rings. The van der Waals surface area contributed by atoms with Gasteiger partial charge in [0.15, 0.2) is 0 Å². The van der Waals surface area contributed by atoms with Gasteiger partial charge in [0, 0.05) is 37.7 Å². The summed E-state index contributed by atoms with van der Waals surface area (Å²) in [6.07, 6.45) is -4.60. The van der Waals surface area contributed by atoms with Crippen molar-refractivity contribution in [2.75, 3.05) is 42.6 Å². The number of halogens is 7. The Balaban J connectivity index is 0.000000301. The van der Waals surface area contributed by atoms with Crippen molar-refractivity contribution in [1.82, 2.24) is 9.97 Å². The third-order valence-corrected chi connectivity index (χ3v) is 5.28. The van der Waals surface area contributed by atoms with Crippen molar-refractivity contribution < 1.29 is 55.3 Å². The second kappa shape index (κ2) is 12.7. The number of anilines is 2. The first-order chi connectivity index (χ1) is 17.6. The number of hydrogen-bond donors (Lipinski definition) is 2. The Kier molecular flexibility index (Phi) is 10.2. The summed E-state index contributed by atoms with van der Waals surface area (Å²) in [6, 6.07) is 8.63. The maximum Gasteiger partial charge on any atom is 0.490 e. The Morgan fingerprint density at radius 1 is 0.895 bits per heavy atom. The molecule has 2 aliphatic heterocycles. The molecule has 0 saturated carbocycles. The molecule has 210 valence electrons. The summed E-state index contributed by atoms with van der Waals surface area (Å²) in [5.41, 5.74) is 0.674. The van der Waals surface area contributed by atoms with Gasteiger partial charge in [-0.3, -0.25) is 0 Å². The molecule has 9 nitrogen and oxygen atoms in total. The van der Waals surface area contributed by atoms with Crippen molar-refractivity contribution in [3.8, 4) is 0 Å². The lowest BCUT2D eigenvalue weighted by Gasteiger charge is -2.48. The fourth-order valence-electron chi connectivity index (χ4n) is 3.71. The highest BCUT2D eigenvalue weighted by Gasteiger charge is 2.41. The van der Waals surface area contributed by atoms with Gasteiger partial charge in [0.25, 0.3) is 0 Å². The Labute approximate surface area is 211 Å². The molecule has 1 unspecified atom stereocenters. The largest absolute Gasteiger partial charge is 0.490 e. The minimum Gasteiger partial charge on any atom is -0.475 e. The summed E-state index contributed by atoms with van der Waals surface area (Å²) in [6.45, 7) is 3.92. The van der Waals surface area contributed by atoms with Gasteiger partial charge in [-0.05, 0) is 37.1 Å². The van der Waals surface area contributed by atoms with Gasteiger partial charge in [-0.2, -0.15) is 26.3 Å². The van der Waals surface area contributed by atoms with E-state index in [1.807, 2.05) is 12.1 Å². The first-order valence-corrected chi connectivity index (χ1v) is 10.9. The monoisotopic (exact) mass is 556 g/mol. The lowest BCUT2D eigenvalue weighted by molar-refractivity contribution is -0.193. The molecular formula is C22H23F7N4O5. The number of alkyl halides is 6. The molecule has 1 aromatic carbocycles. The van der Waals surface area contributed by atoms with Gasteiger partial charge >= 0.3 is 24.3 Å². The molecule has 0 radical (unpaired) electrons. The van der Waals surface area contributed by atoms with E-state index in [4.69, 9.17) is 24.5 Å². The van der Waals surface area contributed by atoms with Crippen LogP contribution in [0, 0.1) is 5.82 Å². The molecule has 38 heavy (non-hydrogen) atoms. The number of carbonyl (C=O) groups is 2. The minimum atomic E-state index is -5.08. The third kappa shape index (κ3) is 9.32. The number of benzene rings is 1. The number of morpholine rings is 1. The van der Waals surface area contributed by atoms with Crippen molar-refractivity contribution in [2.45, 2.75) is 30.8 Å². The molecule has 3 heterocycles. The molecule has 16 heteroatoms. The molecule has 2 saturated heterocycles. The number of aliphatic carboxylic acids is 2. The predicted molar refractivity (Wildman–Crippen MR) is 118 cm³/mol. The zero-order valence-corrected chi connectivity index (χ0v) is 19.5. The molecule has 4 rings (SSSR count). The van der Waals surface area contributed by atoms with Crippen LogP contribution < -0.4 is 9.80 Å². The van der Waals surface area contributed by atoms with Gasteiger partial charge < -0.3 is 24.7 Å². The van der Waals surface area contributed by atoms with E-state index in [1.54, 1.807) is 24.5 Å². The van der Waals surface area contributed by atoms with Crippen molar-refractivity contribution >= 4 is 23.6 Å². The fourth-order valence-corrected chi connectivity index (χ4v) is 3.71. The van der Waals surface area contributed by atoms with Gasteiger partial charge in [0.1, 0.15) is 11.4 Å². The van der Waals surface area contributed by atoms with Gasteiger partial charge in [0.05, 0.1) is 13.2 Å². The van der Waals surface area contributed by atoms with Crippen LogP contribution in [-0.4, -0.2) is 82.9 Å². The Morgan fingerprint density at radius 2 is 1.45 bits per heavy atom. The first kappa shape index (κ1) is 30.5. The number of carboxylic acids is 2. The molecule has 0 bridgehead atoms. The highest BCUT2D eigenvalue weighted by Crippen LogP contribution is 2.32. The van der Waals surface area contributed by atoms with E-state index >= 15 is 0 Å². The van der Waals surface area contributed by atoms with Gasteiger partial charge in [-0.15, -0.1) is 0 Å². The second-order valence-electron chi connectivity index (χ2n) is 8.11. The van der Waals surface area contributed by atoms with Crippen LogP contribution in [-0.2, 0) is 14.3 Å². The Morgan fingerprint density at radius 3 is 1.97 bits per heavy atom. The topological polar surface area (TPSA) is 116 Å². The number of hydrogen-bond acceptors (Lipinski definition) is 7. The van der Waals surface area contributed by atoms with E-state index in [1.165, 1.54) is 6.07 Å². The minimum absolute atomic E-state index is 0.198. The predicted octanol–water partition coefficient (Wildman–Crippen LogP) is 3.76.